The number of rotatable bonds is 4. The van der Waals surface area contributed by atoms with Gasteiger partial charge in [0.2, 0.25) is 0 Å². The van der Waals surface area contributed by atoms with Crippen molar-refractivity contribution < 1.29 is 9.13 Å². The molecule has 2 rings (SSSR count). The van der Waals surface area contributed by atoms with Crippen LogP contribution in [0.15, 0.2) is 18.2 Å². The Kier molecular flexibility index (Phi) is 5.20. The molecule has 4 heteroatoms. The van der Waals surface area contributed by atoms with E-state index in [2.05, 4.69) is 0 Å². The van der Waals surface area contributed by atoms with Crippen LogP contribution < -0.4 is 5.73 Å². The van der Waals surface area contributed by atoms with Crippen molar-refractivity contribution in [2.45, 2.75) is 44.2 Å². The zero-order chi connectivity index (χ0) is 13.8. The molecule has 1 aliphatic rings. The van der Waals surface area contributed by atoms with E-state index in [0.29, 0.717) is 16.5 Å². The molecular weight excluding hydrogens is 265 g/mol. The van der Waals surface area contributed by atoms with Crippen molar-refractivity contribution in [3.63, 3.8) is 0 Å². The van der Waals surface area contributed by atoms with Gasteiger partial charge in [0.1, 0.15) is 5.82 Å². The van der Waals surface area contributed by atoms with Gasteiger partial charge in [-0.3, -0.25) is 0 Å². The molecule has 1 aromatic rings. The lowest BCUT2D eigenvalue weighted by molar-refractivity contribution is 0.0165. The average Bonchev–Trinajstić information content (AvgIpc) is 2.40. The first-order valence-electron chi connectivity index (χ1n) is 6.87. The molecule has 106 valence electrons. The Morgan fingerprint density at radius 3 is 2.58 bits per heavy atom. The molecule has 0 heterocycles. The van der Waals surface area contributed by atoms with Crippen molar-refractivity contribution in [1.82, 2.24) is 0 Å². The third kappa shape index (κ3) is 3.47. The minimum Gasteiger partial charge on any atom is -0.379 e. The molecule has 0 spiro atoms. The third-order valence-electron chi connectivity index (χ3n) is 4.06. The van der Waals surface area contributed by atoms with Crippen LogP contribution in [0.4, 0.5) is 4.39 Å². The summed E-state index contributed by atoms with van der Waals surface area (Å²) in [6.07, 6.45) is 5.79. The second-order valence-electron chi connectivity index (χ2n) is 5.29. The monoisotopic (exact) mass is 285 g/mol. The summed E-state index contributed by atoms with van der Waals surface area (Å²) in [6.45, 7) is 0. The van der Waals surface area contributed by atoms with Gasteiger partial charge in [-0.15, -0.1) is 0 Å². The Bertz CT molecular complexity index is 421. The zero-order valence-corrected chi connectivity index (χ0v) is 12.0. The second kappa shape index (κ2) is 6.69. The van der Waals surface area contributed by atoms with E-state index >= 15 is 0 Å². The first-order valence-corrected chi connectivity index (χ1v) is 7.24. The van der Waals surface area contributed by atoms with E-state index in [1.807, 2.05) is 0 Å². The molecule has 1 aliphatic carbocycles. The maximum Gasteiger partial charge on any atom is 0.129 e. The Balaban J connectivity index is 2.17. The Morgan fingerprint density at radius 1 is 1.32 bits per heavy atom. The van der Waals surface area contributed by atoms with Gasteiger partial charge in [0, 0.05) is 17.7 Å². The molecule has 1 fully saturated rings. The van der Waals surface area contributed by atoms with Crippen molar-refractivity contribution in [3.8, 4) is 0 Å². The smallest absolute Gasteiger partial charge is 0.129 e. The maximum atomic E-state index is 13.9. The Labute approximate surface area is 119 Å². The van der Waals surface area contributed by atoms with Gasteiger partial charge in [-0.25, -0.2) is 4.39 Å². The summed E-state index contributed by atoms with van der Waals surface area (Å²) in [7, 11) is 1.66. The average molecular weight is 286 g/mol. The largest absolute Gasteiger partial charge is 0.379 e. The Morgan fingerprint density at radius 2 is 2.00 bits per heavy atom. The fraction of sp³-hybridized carbons (Fsp3) is 0.600. The fourth-order valence-electron chi connectivity index (χ4n) is 3.04. The molecule has 2 N–H and O–H groups in total. The van der Waals surface area contributed by atoms with Gasteiger partial charge < -0.3 is 10.5 Å². The van der Waals surface area contributed by atoms with Gasteiger partial charge in [-0.05, 0) is 30.9 Å². The molecule has 0 saturated heterocycles. The molecule has 2 nitrogen and oxygen atoms in total. The molecule has 0 bridgehead atoms. The second-order valence-corrected chi connectivity index (χ2v) is 5.73. The van der Waals surface area contributed by atoms with Crippen LogP contribution in [-0.4, -0.2) is 13.2 Å². The highest BCUT2D eigenvalue weighted by Crippen LogP contribution is 2.34. The van der Waals surface area contributed by atoms with E-state index in [1.165, 1.54) is 25.3 Å². The first kappa shape index (κ1) is 14.8. The van der Waals surface area contributed by atoms with Crippen LogP contribution in [0.5, 0.6) is 0 Å². The Hall–Kier alpha value is -0.640. The van der Waals surface area contributed by atoms with Crippen LogP contribution in [0.1, 0.15) is 43.7 Å². The normalized spacial score (nSPS) is 20.2. The van der Waals surface area contributed by atoms with Crippen molar-refractivity contribution in [2.75, 3.05) is 7.11 Å². The van der Waals surface area contributed by atoms with Crippen LogP contribution in [0.25, 0.3) is 0 Å². The molecule has 0 amide bonds. The zero-order valence-electron chi connectivity index (χ0n) is 11.2. The highest BCUT2D eigenvalue weighted by Gasteiger charge is 2.30. The van der Waals surface area contributed by atoms with Crippen molar-refractivity contribution in [3.05, 3.63) is 34.6 Å². The van der Waals surface area contributed by atoms with E-state index in [4.69, 9.17) is 22.1 Å². The lowest BCUT2D eigenvalue weighted by Gasteiger charge is -2.33. The van der Waals surface area contributed by atoms with E-state index < -0.39 is 6.04 Å². The standard InChI is InChI=1S/C15H21ClFNO/c1-19-15(10-5-3-2-4-6-10)14(18)12-8-7-11(16)9-13(12)17/h7-10,14-15H,2-6,18H2,1H3. The fourth-order valence-corrected chi connectivity index (χ4v) is 3.20. The number of nitrogens with two attached hydrogens (primary N) is 1. The molecule has 1 aromatic carbocycles. The van der Waals surface area contributed by atoms with Gasteiger partial charge >= 0.3 is 0 Å². The van der Waals surface area contributed by atoms with E-state index in [0.717, 1.165) is 12.8 Å². The maximum absolute atomic E-state index is 13.9. The van der Waals surface area contributed by atoms with E-state index in [9.17, 15) is 4.39 Å². The van der Waals surface area contributed by atoms with Crippen molar-refractivity contribution in [2.24, 2.45) is 11.7 Å². The third-order valence-corrected chi connectivity index (χ3v) is 4.30. The molecule has 1 saturated carbocycles. The predicted octanol–water partition coefficient (Wildman–Crippen LogP) is 4.07. The quantitative estimate of drug-likeness (QED) is 0.905. The molecule has 0 aliphatic heterocycles. The highest BCUT2D eigenvalue weighted by atomic mass is 35.5. The topological polar surface area (TPSA) is 35.2 Å². The molecule has 2 atom stereocenters. The SMILES string of the molecule is COC(C1CCCCC1)C(N)c1ccc(Cl)cc1F. The van der Waals surface area contributed by atoms with Crippen LogP contribution in [0.2, 0.25) is 5.02 Å². The lowest BCUT2D eigenvalue weighted by Crippen LogP contribution is -2.36. The number of ether oxygens (including phenoxy) is 1. The number of benzene rings is 1. The van der Waals surface area contributed by atoms with E-state index in [1.54, 1.807) is 19.2 Å². The molecule has 0 aromatic heterocycles. The predicted molar refractivity (Wildman–Crippen MR) is 75.7 cm³/mol. The van der Waals surface area contributed by atoms with Crippen LogP contribution in [0, 0.1) is 11.7 Å². The number of hydrogen-bond donors (Lipinski definition) is 1. The van der Waals surface area contributed by atoms with Crippen LogP contribution in [-0.2, 0) is 4.74 Å². The van der Waals surface area contributed by atoms with Gasteiger partial charge in [-0.1, -0.05) is 36.9 Å². The summed E-state index contributed by atoms with van der Waals surface area (Å²) in [5, 5.41) is 0.389. The summed E-state index contributed by atoms with van der Waals surface area (Å²) < 4.78 is 19.5. The van der Waals surface area contributed by atoms with Gasteiger partial charge in [0.05, 0.1) is 12.1 Å². The van der Waals surface area contributed by atoms with Crippen LogP contribution >= 0.6 is 11.6 Å². The van der Waals surface area contributed by atoms with Crippen molar-refractivity contribution in [1.29, 1.82) is 0 Å². The highest BCUT2D eigenvalue weighted by molar-refractivity contribution is 6.30. The number of methoxy groups -OCH3 is 1. The minimum absolute atomic E-state index is 0.129. The molecule has 19 heavy (non-hydrogen) atoms. The summed E-state index contributed by atoms with van der Waals surface area (Å²) in [6, 6.07) is 4.21. The summed E-state index contributed by atoms with van der Waals surface area (Å²) >= 11 is 5.77. The summed E-state index contributed by atoms with van der Waals surface area (Å²) in [5.74, 6) is 0.0710. The summed E-state index contributed by atoms with van der Waals surface area (Å²) in [5.41, 5.74) is 6.71. The summed E-state index contributed by atoms with van der Waals surface area (Å²) in [4.78, 5) is 0. The number of hydrogen-bond acceptors (Lipinski definition) is 2. The van der Waals surface area contributed by atoms with Gasteiger partial charge in [0.15, 0.2) is 0 Å². The van der Waals surface area contributed by atoms with Gasteiger partial charge in [0.25, 0.3) is 0 Å². The number of halogens is 2. The molecular formula is C15H21ClFNO. The van der Waals surface area contributed by atoms with Crippen molar-refractivity contribution >= 4 is 11.6 Å². The molecule has 0 radical (unpaired) electrons. The van der Waals surface area contributed by atoms with E-state index in [-0.39, 0.29) is 11.9 Å². The first-order chi connectivity index (χ1) is 9.13. The molecule has 2 unspecified atom stereocenters. The minimum atomic E-state index is -0.439. The lowest BCUT2D eigenvalue weighted by atomic mass is 9.81. The van der Waals surface area contributed by atoms with Gasteiger partial charge in [-0.2, -0.15) is 0 Å². The van der Waals surface area contributed by atoms with Crippen LogP contribution in [0.3, 0.4) is 0 Å².